The third kappa shape index (κ3) is 2.86. The SMILES string of the molecule is CC1COCCN1CC1CSCCN1. The fourth-order valence-corrected chi connectivity index (χ4v) is 2.99. The van der Waals surface area contributed by atoms with Crippen molar-refractivity contribution in [3.8, 4) is 0 Å². The molecule has 0 saturated carbocycles. The highest BCUT2D eigenvalue weighted by Gasteiger charge is 2.22. The minimum absolute atomic E-state index is 0.595. The van der Waals surface area contributed by atoms with Crippen LogP contribution in [0.25, 0.3) is 0 Å². The summed E-state index contributed by atoms with van der Waals surface area (Å²) < 4.78 is 5.43. The lowest BCUT2D eigenvalue weighted by molar-refractivity contribution is -0.00334. The van der Waals surface area contributed by atoms with E-state index in [0.29, 0.717) is 12.1 Å². The molecule has 1 N–H and O–H groups in total. The number of rotatable bonds is 2. The van der Waals surface area contributed by atoms with E-state index in [9.17, 15) is 0 Å². The minimum atomic E-state index is 0.595. The topological polar surface area (TPSA) is 24.5 Å². The van der Waals surface area contributed by atoms with E-state index in [1.807, 2.05) is 0 Å². The van der Waals surface area contributed by atoms with Crippen molar-refractivity contribution in [3.05, 3.63) is 0 Å². The van der Waals surface area contributed by atoms with Crippen LogP contribution in [0.3, 0.4) is 0 Å². The molecule has 0 aromatic heterocycles. The van der Waals surface area contributed by atoms with Gasteiger partial charge in [0.15, 0.2) is 0 Å². The Morgan fingerprint density at radius 1 is 1.57 bits per heavy atom. The summed E-state index contributed by atoms with van der Waals surface area (Å²) in [7, 11) is 0. The van der Waals surface area contributed by atoms with Crippen molar-refractivity contribution < 1.29 is 4.74 Å². The maximum atomic E-state index is 5.43. The minimum Gasteiger partial charge on any atom is -0.379 e. The predicted molar refractivity (Wildman–Crippen MR) is 61.0 cm³/mol. The van der Waals surface area contributed by atoms with Crippen molar-refractivity contribution in [2.24, 2.45) is 0 Å². The average Bonchev–Trinajstić information content (AvgIpc) is 2.23. The lowest BCUT2D eigenvalue weighted by Gasteiger charge is -2.36. The van der Waals surface area contributed by atoms with Gasteiger partial charge in [-0.3, -0.25) is 4.90 Å². The molecule has 2 heterocycles. The summed E-state index contributed by atoms with van der Waals surface area (Å²) in [5.74, 6) is 2.54. The Kier molecular flexibility index (Phi) is 4.10. The van der Waals surface area contributed by atoms with Gasteiger partial charge < -0.3 is 10.1 Å². The smallest absolute Gasteiger partial charge is 0.0619 e. The highest BCUT2D eigenvalue weighted by molar-refractivity contribution is 7.99. The van der Waals surface area contributed by atoms with E-state index in [-0.39, 0.29) is 0 Å². The lowest BCUT2D eigenvalue weighted by Crippen LogP contribution is -2.52. The van der Waals surface area contributed by atoms with Gasteiger partial charge in [0.2, 0.25) is 0 Å². The summed E-state index contributed by atoms with van der Waals surface area (Å²) in [5.41, 5.74) is 0. The third-order valence-corrected chi connectivity index (χ3v) is 4.09. The van der Waals surface area contributed by atoms with Gasteiger partial charge in [-0.1, -0.05) is 0 Å². The first-order chi connectivity index (χ1) is 6.86. The Morgan fingerprint density at radius 3 is 3.21 bits per heavy atom. The standard InChI is InChI=1S/C10H20N2OS/c1-9-7-13-4-3-12(9)6-10-8-14-5-2-11-10/h9-11H,2-8H2,1H3. The van der Waals surface area contributed by atoms with Crippen LogP contribution < -0.4 is 5.32 Å². The largest absolute Gasteiger partial charge is 0.379 e. The van der Waals surface area contributed by atoms with Gasteiger partial charge >= 0.3 is 0 Å². The summed E-state index contributed by atoms with van der Waals surface area (Å²) in [6.45, 7) is 7.54. The molecule has 0 bridgehead atoms. The number of nitrogens with one attached hydrogen (secondary N) is 1. The van der Waals surface area contributed by atoms with Crippen LogP contribution in [0.4, 0.5) is 0 Å². The zero-order chi connectivity index (χ0) is 9.80. The maximum Gasteiger partial charge on any atom is 0.0619 e. The normalized spacial score (nSPS) is 35.8. The number of thioether (sulfide) groups is 1. The predicted octanol–water partition coefficient (Wildman–Crippen LogP) is 0.412. The van der Waals surface area contributed by atoms with Gasteiger partial charge in [-0.25, -0.2) is 0 Å². The van der Waals surface area contributed by atoms with Crippen LogP contribution in [0.15, 0.2) is 0 Å². The quantitative estimate of drug-likeness (QED) is 0.723. The molecule has 0 aromatic carbocycles. The second kappa shape index (κ2) is 5.35. The Morgan fingerprint density at radius 2 is 2.50 bits per heavy atom. The molecule has 2 fully saturated rings. The van der Waals surface area contributed by atoms with E-state index >= 15 is 0 Å². The van der Waals surface area contributed by atoms with Gasteiger partial charge in [0.1, 0.15) is 0 Å². The Labute approximate surface area is 90.6 Å². The second-order valence-electron chi connectivity index (χ2n) is 4.14. The van der Waals surface area contributed by atoms with Crippen molar-refractivity contribution in [1.29, 1.82) is 0 Å². The molecule has 0 aromatic rings. The molecule has 0 aliphatic carbocycles. The molecule has 2 rings (SSSR count). The number of hydrogen-bond donors (Lipinski definition) is 1. The van der Waals surface area contributed by atoms with Crippen LogP contribution in [0.5, 0.6) is 0 Å². The molecule has 0 amide bonds. The fourth-order valence-electron chi connectivity index (χ4n) is 2.05. The van der Waals surface area contributed by atoms with Crippen LogP contribution in [0.1, 0.15) is 6.92 Å². The Hall–Kier alpha value is 0.230. The zero-order valence-electron chi connectivity index (χ0n) is 8.87. The Bertz CT molecular complexity index is 174. The van der Waals surface area contributed by atoms with E-state index in [2.05, 4.69) is 28.9 Å². The van der Waals surface area contributed by atoms with Crippen LogP contribution >= 0.6 is 11.8 Å². The third-order valence-electron chi connectivity index (χ3n) is 2.96. The molecule has 0 spiro atoms. The highest BCUT2D eigenvalue weighted by Crippen LogP contribution is 2.12. The first kappa shape index (κ1) is 10.7. The van der Waals surface area contributed by atoms with Crippen molar-refractivity contribution in [2.75, 3.05) is 44.4 Å². The first-order valence-electron chi connectivity index (χ1n) is 5.49. The number of ether oxygens (including phenoxy) is 1. The molecular weight excluding hydrogens is 196 g/mol. The summed E-state index contributed by atoms with van der Waals surface area (Å²) in [6.07, 6.45) is 0. The van der Waals surface area contributed by atoms with Crippen molar-refractivity contribution in [3.63, 3.8) is 0 Å². The zero-order valence-corrected chi connectivity index (χ0v) is 9.68. The van der Waals surface area contributed by atoms with Gasteiger partial charge in [0.25, 0.3) is 0 Å². The van der Waals surface area contributed by atoms with E-state index in [1.165, 1.54) is 24.6 Å². The first-order valence-corrected chi connectivity index (χ1v) is 6.64. The molecule has 0 radical (unpaired) electrons. The molecule has 2 atom stereocenters. The maximum absolute atomic E-state index is 5.43. The van der Waals surface area contributed by atoms with Gasteiger partial charge in [0, 0.05) is 43.2 Å². The van der Waals surface area contributed by atoms with E-state index in [1.54, 1.807) is 0 Å². The molecule has 2 unspecified atom stereocenters. The van der Waals surface area contributed by atoms with E-state index in [4.69, 9.17) is 4.74 Å². The van der Waals surface area contributed by atoms with E-state index < -0.39 is 0 Å². The average molecular weight is 216 g/mol. The molecule has 14 heavy (non-hydrogen) atoms. The lowest BCUT2D eigenvalue weighted by atomic mass is 10.2. The molecule has 4 heteroatoms. The van der Waals surface area contributed by atoms with Crippen molar-refractivity contribution in [1.82, 2.24) is 10.2 Å². The molecule has 3 nitrogen and oxygen atoms in total. The van der Waals surface area contributed by atoms with Crippen molar-refractivity contribution >= 4 is 11.8 Å². The van der Waals surface area contributed by atoms with Gasteiger partial charge in [0.05, 0.1) is 13.2 Å². The molecule has 2 saturated heterocycles. The molecule has 2 aliphatic rings. The number of hydrogen-bond acceptors (Lipinski definition) is 4. The van der Waals surface area contributed by atoms with Crippen molar-refractivity contribution in [2.45, 2.75) is 19.0 Å². The van der Waals surface area contributed by atoms with E-state index in [0.717, 1.165) is 19.8 Å². The van der Waals surface area contributed by atoms with Crippen LogP contribution in [-0.4, -0.2) is 61.3 Å². The monoisotopic (exact) mass is 216 g/mol. The van der Waals surface area contributed by atoms with Crippen LogP contribution in [0.2, 0.25) is 0 Å². The Balaban J connectivity index is 1.76. The summed E-state index contributed by atoms with van der Waals surface area (Å²) in [4.78, 5) is 2.55. The fraction of sp³-hybridized carbons (Fsp3) is 1.00. The highest BCUT2D eigenvalue weighted by atomic mass is 32.2. The van der Waals surface area contributed by atoms with Gasteiger partial charge in [-0.05, 0) is 6.92 Å². The van der Waals surface area contributed by atoms with Gasteiger partial charge in [-0.15, -0.1) is 0 Å². The van der Waals surface area contributed by atoms with Crippen LogP contribution in [0, 0.1) is 0 Å². The molecular formula is C10H20N2OS. The summed E-state index contributed by atoms with van der Waals surface area (Å²) in [6, 6.07) is 1.28. The summed E-state index contributed by atoms with van der Waals surface area (Å²) in [5, 5.41) is 3.58. The second-order valence-corrected chi connectivity index (χ2v) is 5.29. The van der Waals surface area contributed by atoms with Gasteiger partial charge in [-0.2, -0.15) is 11.8 Å². The number of nitrogens with zero attached hydrogens (tertiary/aromatic N) is 1. The number of morpholine rings is 1. The van der Waals surface area contributed by atoms with Crippen LogP contribution in [-0.2, 0) is 4.74 Å². The molecule has 82 valence electrons. The summed E-state index contributed by atoms with van der Waals surface area (Å²) >= 11 is 2.07. The molecule has 2 aliphatic heterocycles.